The molecule has 0 N–H and O–H groups in total. The van der Waals surface area contributed by atoms with Gasteiger partial charge in [-0.1, -0.05) is 165 Å². The lowest BCUT2D eigenvalue weighted by Crippen LogP contribution is -2.61. The molecule has 0 fully saturated rings. The summed E-state index contributed by atoms with van der Waals surface area (Å²) in [6.07, 6.45) is 0. The number of para-hydroxylation sites is 2. The van der Waals surface area contributed by atoms with Crippen LogP contribution >= 0.6 is 11.3 Å². The SMILES string of the molecule is Cc1cc2c3c(c1)N(c1c(C)cc(-c4cc5ccccc5s4)cc1C)c1cc(N(c4ccc(C(C)(C)C)cc4)c4ccc5c6ccccc6n(-c6ccccc6)c5c4)ccc1B3c1cc(C(C)(C)C)ccc1N2c1ccc(C(C)(C)C)cc1. The summed E-state index contributed by atoms with van der Waals surface area (Å²) < 4.78 is 3.74. The molecule has 0 spiro atoms. The van der Waals surface area contributed by atoms with E-state index in [9.17, 15) is 0 Å². The predicted octanol–water partition coefficient (Wildman–Crippen LogP) is 20.0. The maximum absolute atomic E-state index is 2.65. The van der Waals surface area contributed by atoms with Gasteiger partial charge >= 0.3 is 0 Å². The van der Waals surface area contributed by atoms with E-state index in [2.05, 4.69) is 315 Å². The van der Waals surface area contributed by atoms with Crippen molar-refractivity contribution in [1.29, 1.82) is 0 Å². The van der Waals surface area contributed by atoms with E-state index in [1.165, 1.54) is 121 Å². The second-order valence-electron chi connectivity index (χ2n) is 26.5. The zero-order chi connectivity index (χ0) is 57.4. The van der Waals surface area contributed by atoms with E-state index in [0.29, 0.717) is 0 Å². The lowest BCUT2D eigenvalue weighted by molar-refractivity contribution is 0.590. The van der Waals surface area contributed by atoms with Crippen LogP contribution in [0.1, 0.15) is 95.7 Å². The second-order valence-corrected chi connectivity index (χ2v) is 27.6. The fourth-order valence-electron chi connectivity index (χ4n) is 13.4. The Bertz CT molecular complexity index is 4490. The first-order valence-corrected chi connectivity index (χ1v) is 30.3. The Kier molecular flexibility index (Phi) is 12.2. The normalized spacial score (nSPS) is 13.2. The summed E-state index contributed by atoms with van der Waals surface area (Å²) in [5.41, 5.74) is 26.8. The molecule has 14 rings (SSSR count). The largest absolute Gasteiger partial charge is 0.311 e. The fraction of sp³-hybridized carbons (Fsp3) is 0.195. The number of hydrogen-bond donors (Lipinski definition) is 0. The molecule has 408 valence electrons. The van der Waals surface area contributed by atoms with Gasteiger partial charge in [-0.25, -0.2) is 0 Å². The van der Waals surface area contributed by atoms with Crippen molar-refractivity contribution >= 4 is 118 Å². The number of fused-ring (bicyclic) bond motifs is 8. The minimum Gasteiger partial charge on any atom is -0.311 e. The molecule has 10 aromatic carbocycles. The third kappa shape index (κ3) is 8.79. The molecule has 6 heteroatoms. The van der Waals surface area contributed by atoms with Crippen LogP contribution in [0, 0.1) is 20.8 Å². The van der Waals surface area contributed by atoms with Gasteiger partial charge in [0.05, 0.1) is 16.7 Å². The van der Waals surface area contributed by atoms with Crippen molar-refractivity contribution in [1.82, 2.24) is 4.57 Å². The highest BCUT2D eigenvalue weighted by atomic mass is 32.1. The minimum absolute atomic E-state index is 0.00751. The van der Waals surface area contributed by atoms with Crippen LogP contribution in [0.15, 0.2) is 212 Å². The summed E-state index contributed by atoms with van der Waals surface area (Å²) in [5, 5.41) is 3.75. The van der Waals surface area contributed by atoms with E-state index in [1.807, 2.05) is 11.3 Å². The number of rotatable bonds is 7. The molecule has 2 aliphatic heterocycles. The van der Waals surface area contributed by atoms with Crippen LogP contribution in [0.4, 0.5) is 51.2 Å². The van der Waals surface area contributed by atoms with Gasteiger partial charge in [-0.15, -0.1) is 11.3 Å². The van der Waals surface area contributed by atoms with E-state index in [-0.39, 0.29) is 23.0 Å². The number of benzene rings is 10. The molecule has 4 heterocycles. The molecule has 4 nitrogen and oxygen atoms in total. The first-order valence-electron chi connectivity index (χ1n) is 29.5. The number of aromatic nitrogens is 1. The van der Waals surface area contributed by atoms with Gasteiger partial charge in [0.25, 0.3) is 6.71 Å². The van der Waals surface area contributed by atoms with Gasteiger partial charge in [-0.3, -0.25) is 0 Å². The highest BCUT2D eigenvalue weighted by Gasteiger charge is 2.45. The molecule has 12 aromatic rings. The highest BCUT2D eigenvalue weighted by molar-refractivity contribution is 7.22. The van der Waals surface area contributed by atoms with Gasteiger partial charge in [0, 0.05) is 71.5 Å². The molecule has 2 aromatic heterocycles. The van der Waals surface area contributed by atoms with Crippen molar-refractivity contribution in [3.8, 4) is 16.1 Å². The van der Waals surface area contributed by atoms with E-state index in [0.717, 1.165) is 28.4 Å². The fourth-order valence-corrected chi connectivity index (χ4v) is 14.5. The summed E-state index contributed by atoms with van der Waals surface area (Å²) in [7, 11) is 0. The minimum atomic E-state index is -0.0707. The van der Waals surface area contributed by atoms with Crippen LogP contribution in [-0.4, -0.2) is 11.3 Å². The van der Waals surface area contributed by atoms with Gasteiger partial charge in [0.2, 0.25) is 0 Å². The van der Waals surface area contributed by atoms with Crippen molar-refractivity contribution in [2.75, 3.05) is 14.7 Å². The maximum atomic E-state index is 2.65. The number of thiophene rings is 1. The lowest BCUT2D eigenvalue weighted by atomic mass is 9.33. The molecule has 0 unspecified atom stereocenters. The van der Waals surface area contributed by atoms with Crippen molar-refractivity contribution in [3.05, 3.63) is 246 Å². The van der Waals surface area contributed by atoms with Gasteiger partial charge in [-0.05, 0) is 207 Å². The second kappa shape index (κ2) is 19.3. The topological polar surface area (TPSA) is 14.7 Å². The van der Waals surface area contributed by atoms with E-state index < -0.39 is 0 Å². The Balaban J connectivity index is 1.04. The Morgan fingerprint density at radius 2 is 0.988 bits per heavy atom. The molecule has 0 saturated carbocycles. The van der Waals surface area contributed by atoms with Gasteiger partial charge in [0.1, 0.15) is 0 Å². The van der Waals surface area contributed by atoms with Crippen LogP contribution in [0.25, 0.3) is 48.0 Å². The zero-order valence-corrected chi connectivity index (χ0v) is 50.8. The van der Waals surface area contributed by atoms with Crippen LogP contribution < -0.4 is 31.1 Å². The maximum Gasteiger partial charge on any atom is 0.252 e. The van der Waals surface area contributed by atoms with Crippen molar-refractivity contribution in [2.45, 2.75) is 99.3 Å². The third-order valence-corrected chi connectivity index (χ3v) is 18.8. The molecule has 2 aliphatic rings. The van der Waals surface area contributed by atoms with Crippen LogP contribution in [0.2, 0.25) is 0 Å². The standard InChI is InChI=1S/C77H71BN4S/c1-48-40-69-73-70(41-48)82(74-49(2)42-52(43-50(74)3)72-44-51-20-16-19-25-71(51)83-72)68-47-60(36-38-63(68)78(73)64-45-55(77(10,11)12)30-39-66(64)81(69)58-33-28-54(29-34-58)76(7,8)9)79(57-31-26-53(27-32-57)75(4,5)6)59-35-37-62-61-23-17-18-24-65(61)80(67(62)46-59)56-21-14-13-15-22-56/h13-47H,1-12H3. The molecule has 0 radical (unpaired) electrons. The summed E-state index contributed by atoms with van der Waals surface area (Å²) >= 11 is 1.88. The number of hydrogen-bond acceptors (Lipinski definition) is 4. The predicted molar refractivity (Wildman–Crippen MR) is 361 cm³/mol. The average Bonchev–Trinajstić information content (AvgIpc) is 1.41. The number of anilines is 9. The number of aryl methyl sites for hydroxylation is 3. The van der Waals surface area contributed by atoms with E-state index in [1.54, 1.807) is 0 Å². The molecule has 0 saturated heterocycles. The van der Waals surface area contributed by atoms with E-state index in [4.69, 9.17) is 0 Å². The van der Waals surface area contributed by atoms with Crippen LogP contribution in [0.5, 0.6) is 0 Å². The molecule has 83 heavy (non-hydrogen) atoms. The smallest absolute Gasteiger partial charge is 0.252 e. The third-order valence-electron chi connectivity index (χ3n) is 17.7. The molecule has 0 bridgehead atoms. The first kappa shape index (κ1) is 52.5. The Hall–Kier alpha value is -8.58. The zero-order valence-electron chi connectivity index (χ0n) is 50.0. The molecular formula is C77H71BN4S. The molecule has 0 atom stereocenters. The Morgan fingerprint density at radius 3 is 1.67 bits per heavy atom. The van der Waals surface area contributed by atoms with E-state index >= 15 is 0 Å². The summed E-state index contributed by atoms with van der Waals surface area (Å²) in [6.45, 7) is 27.7. The van der Waals surface area contributed by atoms with Gasteiger partial charge in [0.15, 0.2) is 0 Å². The highest BCUT2D eigenvalue weighted by Crippen LogP contribution is 2.50. The monoisotopic (exact) mass is 1090 g/mol. The summed E-state index contributed by atoms with van der Waals surface area (Å²) in [6, 6.07) is 81.0. The molecule has 0 amide bonds. The quantitative estimate of drug-likeness (QED) is 0.148. The number of nitrogens with zero attached hydrogens (tertiary/aromatic N) is 4. The lowest BCUT2D eigenvalue weighted by Gasteiger charge is -2.45. The van der Waals surface area contributed by atoms with Crippen molar-refractivity contribution < 1.29 is 0 Å². The first-order chi connectivity index (χ1) is 39.8. The van der Waals surface area contributed by atoms with Crippen molar-refractivity contribution in [3.63, 3.8) is 0 Å². The van der Waals surface area contributed by atoms with Crippen LogP contribution in [-0.2, 0) is 16.2 Å². The average molecular weight is 1100 g/mol. The van der Waals surface area contributed by atoms with Crippen LogP contribution in [0.3, 0.4) is 0 Å². The van der Waals surface area contributed by atoms with Gasteiger partial charge < -0.3 is 19.3 Å². The molecular weight excluding hydrogens is 1020 g/mol. The van der Waals surface area contributed by atoms with Gasteiger partial charge in [-0.2, -0.15) is 0 Å². The summed E-state index contributed by atoms with van der Waals surface area (Å²) in [5.74, 6) is 0. The summed E-state index contributed by atoms with van der Waals surface area (Å²) in [4.78, 5) is 8.99. The Morgan fingerprint density at radius 1 is 0.410 bits per heavy atom. The van der Waals surface area contributed by atoms with Crippen molar-refractivity contribution in [2.24, 2.45) is 0 Å². The molecule has 0 aliphatic carbocycles. The Labute approximate surface area is 495 Å².